The van der Waals surface area contributed by atoms with E-state index in [0.29, 0.717) is 11.1 Å². The summed E-state index contributed by atoms with van der Waals surface area (Å²) in [4.78, 5) is 27.6. The van der Waals surface area contributed by atoms with E-state index in [1.54, 1.807) is 18.2 Å². The normalized spacial score (nSPS) is 10.7. The van der Waals surface area contributed by atoms with E-state index < -0.39 is 6.09 Å². The standard InChI is InChI=1S/C18H17N3O3S/c1-9-6-10(2)15(11(3)7-9)21-16(22)12-4-5-13-14(8-12)25-18(20-13)24-17(19)23/h4-8H,1-3H3,(H2,19,23)(H,21,22). The van der Waals surface area contributed by atoms with Gasteiger partial charge >= 0.3 is 6.09 Å². The second-order valence-corrected chi connectivity index (χ2v) is 6.80. The molecule has 0 spiro atoms. The van der Waals surface area contributed by atoms with E-state index >= 15 is 0 Å². The number of amides is 2. The predicted octanol–water partition coefficient (Wildman–Crippen LogP) is 3.93. The lowest BCUT2D eigenvalue weighted by atomic mass is 10.0. The Kier molecular flexibility index (Phi) is 4.41. The Morgan fingerprint density at radius 2 is 1.80 bits per heavy atom. The summed E-state index contributed by atoms with van der Waals surface area (Å²) in [6.07, 6.45) is -0.914. The minimum Gasteiger partial charge on any atom is -0.381 e. The molecule has 7 heteroatoms. The van der Waals surface area contributed by atoms with Gasteiger partial charge in [-0.2, -0.15) is 0 Å². The molecule has 0 saturated heterocycles. The number of thiazole rings is 1. The van der Waals surface area contributed by atoms with Crippen molar-refractivity contribution in [3.05, 3.63) is 52.6 Å². The molecule has 0 bridgehead atoms. The van der Waals surface area contributed by atoms with Gasteiger partial charge in [-0.15, -0.1) is 0 Å². The van der Waals surface area contributed by atoms with Gasteiger partial charge in [0.05, 0.1) is 10.2 Å². The van der Waals surface area contributed by atoms with Crippen molar-refractivity contribution in [2.75, 3.05) is 5.32 Å². The molecule has 0 atom stereocenters. The van der Waals surface area contributed by atoms with Crippen LogP contribution in [0.15, 0.2) is 30.3 Å². The van der Waals surface area contributed by atoms with Crippen LogP contribution in [0.2, 0.25) is 0 Å². The van der Waals surface area contributed by atoms with Gasteiger partial charge in [-0.3, -0.25) is 4.79 Å². The van der Waals surface area contributed by atoms with Gasteiger partial charge in [0.15, 0.2) is 0 Å². The van der Waals surface area contributed by atoms with Crippen LogP contribution < -0.4 is 15.8 Å². The molecule has 3 N–H and O–H groups in total. The van der Waals surface area contributed by atoms with Gasteiger partial charge in [0.1, 0.15) is 0 Å². The van der Waals surface area contributed by atoms with Crippen LogP contribution in [0.4, 0.5) is 10.5 Å². The van der Waals surface area contributed by atoms with Crippen molar-refractivity contribution in [3.8, 4) is 5.19 Å². The number of aromatic nitrogens is 1. The minimum absolute atomic E-state index is 0.158. The van der Waals surface area contributed by atoms with Crippen LogP contribution >= 0.6 is 11.3 Å². The molecule has 3 aromatic rings. The second-order valence-electron chi connectivity index (χ2n) is 5.81. The molecule has 1 heterocycles. The van der Waals surface area contributed by atoms with Gasteiger partial charge in [-0.25, -0.2) is 9.78 Å². The van der Waals surface area contributed by atoms with E-state index in [9.17, 15) is 9.59 Å². The minimum atomic E-state index is -0.914. The number of aryl methyl sites for hydroxylation is 3. The first kappa shape index (κ1) is 16.9. The lowest BCUT2D eigenvalue weighted by Gasteiger charge is -2.12. The highest BCUT2D eigenvalue weighted by Gasteiger charge is 2.13. The van der Waals surface area contributed by atoms with Gasteiger partial charge in [-0.1, -0.05) is 29.0 Å². The Bertz CT molecular complexity index is 971. The van der Waals surface area contributed by atoms with Crippen molar-refractivity contribution < 1.29 is 14.3 Å². The molecule has 6 nitrogen and oxygen atoms in total. The molecular weight excluding hydrogens is 338 g/mol. The maximum atomic E-state index is 12.6. The van der Waals surface area contributed by atoms with Crippen molar-refractivity contribution in [2.24, 2.45) is 5.73 Å². The van der Waals surface area contributed by atoms with Gasteiger partial charge in [0.25, 0.3) is 11.1 Å². The number of nitrogens with one attached hydrogen (secondary N) is 1. The second kappa shape index (κ2) is 6.52. The zero-order chi connectivity index (χ0) is 18.1. The Hall–Kier alpha value is -2.93. The molecule has 0 radical (unpaired) electrons. The average molecular weight is 355 g/mol. The first-order valence-corrected chi connectivity index (χ1v) is 8.42. The molecule has 1 aromatic heterocycles. The third-order valence-electron chi connectivity index (χ3n) is 3.73. The molecule has 0 fully saturated rings. The largest absolute Gasteiger partial charge is 0.411 e. The number of rotatable bonds is 3. The quantitative estimate of drug-likeness (QED) is 0.744. The highest BCUT2D eigenvalue weighted by atomic mass is 32.1. The monoisotopic (exact) mass is 355 g/mol. The molecule has 2 amide bonds. The van der Waals surface area contributed by atoms with E-state index in [0.717, 1.165) is 38.4 Å². The van der Waals surface area contributed by atoms with Crippen LogP contribution in [0.3, 0.4) is 0 Å². The summed E-state index contributed by atoms with van der Waals surface area (Å²) >= 11 is 1.16. The molecule has 0 aliphatic carbocycles. The Labute approximate surface area is 148 Å². The number of anilines is 1. The topological polar surface area (TPSA) is 94.3 Å². The summed E-state index contributed by atoms with van der Waals surface area (Å²) in [5.41, 5.74) is 10.1. The molecule has 0 aliphatic rings. The summed E-state index contributed by atoms with van der Waals surface area (Å²) in [6.45, 7) is 5.96. The number of nitrogens with two attached hydrogens (primary N) is 1. The summed E-state index contributed by atoms with van der Waals surface area (Å²) in [5.74, 6) is -0.206. The zero-order valence-electron chi connectivity index (χ0n) is 14.0. The van der Waals surface area contributed by atoms with Crippen LogP contribution in [0.25, 0.3) is 10.2 Å². The van der Waals surface area contributed by atoms with E-state index in [1.807, 2.05) is 32.9 Å². The van der Waals surface area contributed by atoms with Gasteiger partial charge in [-0.05, 0) is 50.1 Å². The molecule has 0 saturated carbocycles. The number of benzene rings is 2. The van der Waals surface area contributed by atoms with Crippen LogP contribution in [-0.4, -0.2) is 17.0 Å². The number of carbonyl (C=O) groups excluding carboxylic acids is 2. The predicted molar refractivity (Wildman–Crippen MR) is 98.4 cm³/mol. The maximum Gasteiger partial charge on any atom is 0.411 e. The Morgan fingerprint density at radius 3 is 2.44 bits per heavy atom. The third kappa shape index (κ3) is 3.61. The van der Waals surface area contributed by atoms with Crippen molar-refractivity contribution >= 4 is 39.2 Å². The van der Waals surface area contributed by atoms with Gasteiger partial charge in [0, 0.05) is 11.3 Å². The van der Waals surface area contributed by atoms with Crippen molar-refractivity contribution in [2.45, 2.75) is 20.8 Å². The molecule has 0 aliphatic heterocycles. The number of carbonyl (C=O) groups is 2. The highest BCUT2D eigenvalue weighted by molar-refractivity contribution is 7.20. The number of ether oxygens (including phenoxy) is 1. The molecule has 2 aromatic carbocycles. The van der Waals surface area contributed by atoms with E-state index in [1.165, 1.54) is 0 Å². The van der Waals surface area contributed by atoms with Crippen LogP contribution in [0, 0.1) is 20.8 Å². The molecule has 0 unspecified atom stereocenters. The molecule has 25 heavy (non-hydrogen) atoms. The SMILES string of the molecule is Cc1cc(C)c(NC(=O)c2ccc3nc(OC(N)=O)sc3c2)c(C)c1. The van der Waals surface area contributed by atoms with E-state index in [2.05, 4.69) is 10.3 Å². The lowest BCUT2D eigenvalue weighted by Crippen LogP contribution is -2.15. The summed E-state index contributed by atoms with van der Waals surface area (Å²) in [5, 5.41) is 3.12. The van der Waals surface area contributed by atoms with Crippen molar-refractivity contribution in [1.29, 1.82) is 0 Å². The lowest BCUT2D eigenvalue weighted by molar-refractivity contribution is 0.102. The fourth-order valence-corrected chi connectivity index (χ4v) is 3.60. The van der Waals surface area contributed by atoms with E-state index in [-0.39, 0.29) is 11.1 Å². The van der Waals surface area contributed by atoms with Gasteiger partial charge in [0.2, 0.25) is 0 Å². The fourth-order valence-electron chi connectivity index (χ4n) is 2.74. The molecule has 128 valence electrons. The first-order chi connectivity index (χ1) is 11.8. The van der Waals surface area contributed by atoms with Crippen LogP contribution in [-0.2, 0) is 0 Å². The van der Waals surface area contributed by atoms with Crippen molar-refractivity contribution in [3.63, 3.8) is 0 Å². The number of fused-ring (bicyclic) bond motifs is 1. The number of primary amides is 1. The van der Waals surface area contributed by atoms with Crippen molar-refractivity contribution in [1.82, 2.24) is 4.98 Å². The average Bonchev–Trinajstić information content (AvgIpc) is 2.90. The number of nitrogens with zero attached hydrogens (tertiary/aromatic N) is 1. The summed E-state index contributed by atoms with van der Waals surface area (Å²) < 4.78 is 5.52. The molecular formula is C18H17N3O3S. The third-order valence-corrected chi connectivity index (χ3v) is 4.63. The van der Waals surface area contributed by atoms with Crippen LogP contribution in [0.1, 0.15) is 27.0 Å². The maximum absolute atomic E-state index is 12.6. The van der Waals surface area contributed by atoms with Gasteiger partial charge < -0.3 is 15.8 Å². The Morgan fingerprint density at radius 1 is 1.12 bits per heavy atom. The number of hydrogen-bond donors (Lipinski definition) is 2. The summed E-state index contributed by atoms with van der Waals surface area (Å²) in [7, 11) is 0. The Balaban J connectivity index is 1.88. The summed E-state index contributed by atoms with van der Waals surface area (Å²) in [6, 6.07) is 9.17. The molecule has 3 rings (SSSR count). The smallest absolute Gasteiger partial charge is 0.381 e. The highest BCUT2D eigenvalue weighted by Crippen LogP contribution is 2.29. The van der Waals surface area contributed by atoms with Crippen LogP contribution in [0.5, 0.6) is 5.19 Å². The first-order valence-electron chi connectivity index (χ1n) is 7.60. The fraction of sp³-hybridized carbons (Fsp3) is 0.167. The number of hydrogen-bond acceptors (Lipinski definition) is 5. The zero-order valence-corrected chi connectivity index (χ0v) is 14.9. The van der Waals surface area contributed by atoms with E-state index in [4.69, 9.17) is 10.5 Å².